The Morgan fingerprint density at radius 1 is 0.800 bits per heavy atom. The van der Waals surface area contributed by atoms with Crippen LogP contribution in [0.3, 0.4) is 0 Å². The van der Waals surface area contributed by atoms with Crippen molar-refractivity contribution < 1.29 is 0 Å². The first kappa shape index (κ1) is 17.5. The van der Waals surface area contributed by atoms with Gasteiger partial charge in [-0.25, -0.2) is 0 Å². The van der Waals surface area contributed by atoms with Crippen molar-refractivity contribution in [2.45, 2.75) is 16.2 Å². The minimum absolute atomic E-state index is 0.992. The van der Waals surface area contributed by atoms with Crippen molar-refractivity contribution in [3.63, 3.8) is 0 Å². The quantitative estimate of drug-likeness (QED) is 0.288. The average molecular weight is 405 g/mol. The zero-order valence-electron chi connectivity index (χ0n) is 16.7. The molecule has 0 aromatic heterocycles. The highest BCUT2D eigenvalue weighted by molar-refractivity contribution is 7.99. The van der Waals surface area contributed by atoms with Gasteiger partial charge in [-0.3, -0.25) is 4.99 Å². The summed E-state index contributed by atoms with van der Waals surface area (Å²) in [5.74, 6) is 0. The Bertz CT molecular complexity index is 1320. The van der Waals surface area contributed by atoms with Gasteiger partial charge in [-0.1, -0.05) is 66.4 Å². The fraction of sp³-hybridized carbons (Fsp3) is 0.0741. The van der Waals surface area contributed by atoms with E-state index >= 15 is 0 Å². The van der Waals surface area contributed by atoms with E-state index in [9.17, 15) is 0 Å². The lowest BCUT2D eigenvalue weighted by Gasteiger charge is -2.30. The fourth-order valence-corrected chi connectivity index (χ4v) is 5.69. The minimum atomic E-state index is 0.992. The molecule has 144 valence electrons. The number of rotatable bonds is 2. The molecule has 0 saturated carbocycles. The first-order valence-corrected chi connectivity index (χ1v) is 11.0. The molecule has 4 aromatic carbocycles. The Kier molecular flexibility index (Phi) is 4.03. The molecule has 0 saturated heterocycles. The lowest BCUT2D eigenvalue weighted by Crippen LogP contribution is -2.16. The number of aliphatic imine (C=N–C) groups is 1. The summed E-state index contributed by atoms with van der Waals surface area (Å²) in [6.45, 7) is 0. The summed E-state index contributed by atoms with van der Waals surface area (Å²) in [4.78, 5) is 9.69. The van der Waals surface area contributed by atoms with Crippen LogP contribution in [0.25, 0.3) is 11.1 Å². The zero-order chi connectivity index (χ0) is 20.1. The van der Waals surface area contributed by atoms with E-state index in [1.807, 2.05) is 18.0 Å². The maximum atomic E-state index is 4.85. The van der Waals surface area contributed by atoms with Gasteiger partial charge in [0.2, 0.25) is 0 Å². The molecule has 0 spiro atoms. The van der Waals surface area contributed by atoms with Crippen LogP contribution in [0.5, 0.6) is 0 Å². The van der Waals surface area contributed by atoms with Gasteiger partial charge in [0, 0.05) is 28.6 Å². The summed E-state index contributed by atoms with van der Waals surface area (Å²) in [6, 6.07) is 30.3. The predicted molar refractivity (Wildman–Crippen MR) is 127 cm³/mol. The van der Waals surface area contributed by atoms with E-state index in [4.69, 9.17) is 4.99 Å². The lowest BCUT2D eigenvalue weighted by atomic mass is 10.1. The molecule has 3 heteroatoms. The van der Waals surface area contributed by atoms with Crippen LogP contribution in [0.1, 0.15) is 16.7 Å². The highest BCUT2D eigenvalue weighted by Gasteiger charge is 2.22. The molecule has 6 rings (SSSR count). The van der Waals surface area contributed by atoms with Crippen LogP contribution >= 0.6 is 11.8 Å². The molecule has 0 amide bonds. The number of hydrogen-bond donors (Lipinski definition) is 0. The molecule has 2 nitrogen and oxygen atoms in total. The summed E-state index contributed by atoms with van der Waals surface area (Å²) < 4.78 is 0. The van der Waals surface area contributed by atoms with Crippen LogP contribution < -0.4 is 4.90 Å². The summed E-state index contributed by atoms with van der Waals surface area (Å²) in [5.41, 5.74) is 10.1. The third kappa shape index (κ3) is 2.78. The van der Waals surface area contributed by atoms with Crippen LogP contribution in [0.2, 0.25) is 0 Å². The molecule has 1 aliphatic heterocycles. The van der Waals surface area contributed by atoms with E-state index in [1.54, 1.807) is 0 Å². The molecule has 0 N–H and O–H groups in total. The van der Waals surface area contributed by atoms with E-state index in [-0.39, 0.29) is 0 Å². The Hall–Kier alpha value is -3.30. The first-order chi connectivity index (χ1) is 14.8. The molecular weight excluding hydrogens is 384 g/mol. The summed E-state index contributed by atoms with van der Waals surface area (Å²) in [5, 5.41) is 0. The van der Waals surface area contributed by atoms with Crippen molar-refractivity contribution >= 4 is 35.0 Å². The molecule has 0 unspecified atom stereocenters. The molecule has 2 aliphatic rings. The number of nitrogens with zero attached hydrogens (tertiary/aromatic N) is 2. The Labute approximate surface area is 180 Å². The zero-order valence-corrected chi connectivity index (χ0v) is 17.5. The topological polar surface area (TPSA) is 15.6 Å². The fourth-order valence-electron chi connectivity index (χ4n) is 4.50. The highest BCUT2D eigenvalue weighted by Crippen LogP contribution is 2.48. The molecule has 0 atom stereocenters. The van der Waals surface area contributed by atoms with Crippen LogP contribution in [0.4, 0.5) is 17.1 Å². The first-order valence-electron chi connectivity index (χ1n) is 10.2. The number of benzene rings is 4. The molecule has 30 heavy (non-hydrogen) atoms. The van der Waals surface area contributed by atoms with Crippen LogP contribution in [0, 0.1) is 0 Å². The van der Waals surface area contributed by atoms with Crippen LogP contribution in [-0.4, -0.2) is 13.3 Å². The van der Waals surface area contributed by atoms with Gasteiger partial charge in [0.1, 0.15) is 0 Å². The average Bonchev–Trinajstić information content (AvgIpc) is 3.15. The van der Waals surface area contributed by atoms with Gasteiger partial charge in [-0.2, -0.15) is 0 Å². The number of anilines is 2. The van der Waals surface area contributed by atoms with E-state index in [1.165, 1.54) is 43.4 Å². The second-order valence-electron chi connectivity index (χ2n) is 7.76. The Morgan fingerprint density at radius 3 is 2.57 bits per heavy atom. The molecule has 4 aromatic rings. The monoisotopic (exact) mass is 404 g/mol. The molecule has 0 fully saturated rings. The van der Waals surface area contributed by atoms with Gasteiger partial charge in [-0.15, -0.1) is 0 Å². The lowest BCUT2D eigenvalue weighted by molar-refractivity contribution is 1.11. The molecular formula is C27H20N2S. The van der Waals surface area contributed by atoms with Crippen molar-refractivity contribution in [1.29, 1.82) is 0 Å². The number of fused-ring (bicyclic) bond motifs is 5. The molecule has 0 bridgehead atoms. The third-order valence-electron chi connectivity index (χ3n) is 5.94. The largest absolute Gasteiger partial charge is 0.342 e. The van der Waals surface area contributed by atoms with Crippen molar-refractivity contribution in [2.24, 2.45) is 4.99 Å². The summed E-state index contributed by atoms with van der Waals surface area (Å²) >= 11 is 1.83. The van der Waals surface area contributed by atoms with Crippen LogP contribution in [0.15, 0.2) is 99.7 Å². The molecule has 0 radical (unpaired) electrons. The van der Waals surface area contributed by atoms with Crippen molar-refractivity contribution in [2.75, 3.05) is 11.9 Å². The van der Waals surface area contributed by atoms with Gasteiger partial charge >= 0.3 is 0 Å². The highest BCUT2D eigenvalue weighted by atomic mass is 32.2. The van der Waals surface area contributed by atoms with Gasteiger partial charge < -0.3 is 4.90 Å². The van der Waals surface area contributed by atoms with Gasteiger partial charge in [0.25, 0.3) is 0 Å². The van der Waals surface area contributed by atoms with Crippen molar-refractivity contribution in [3.05, 3.63) is 102 Å². The minimum Gasteiger partial charge on any atom is -0.342 e. The van der Waals surface area contributed by atoms with Gasteiger partial charge in [0.15, 0.2) is 0 Å². The van der Waals surface area contributed by atoms with Crippen molar-refractivity contribution in [3.8, 4) is 11.1 Å². The number of hydrogen-bond acceptors (Lipinski definition) is 3. The number of para-hydroxylation sites is 2. The second-order valence-corrected chi connectivity index (χ2v) is 8.84. The second kappa shape index (κ2) is 6.89. The van der Waals surface area contributed by atoms with Crippen LogP contribution in [-0.2, 0) is 6.42 Å². The maximum absolute atomic E-state index is 4.85. The van der Waals surface area contributed by atoms with E-state index in [2.05, 4.69) is 96.9 Å². The molecule has 1 heterocycles. The maximum Gasteiger partial charge on any atom is 0.0639 e. The third-order valence-corrected chi connectivity index (χ3v) is 7.06. The normalized spacial score (nSPS) is 13.7. The smallest absolute Gasteiger partial charge is 0.0639 e. The van der Waals surface area contributed by atoms with Crippen molar-refractivity contribution in [1.82, 2.24) is 0 Å². The van der Waals surface area contributed by atoms with E-state index < -0.39 is 0 Å². The Balaban J connectivity index is 1.35. The SMILES string of the molecule is CN1c2ccccc2Sc2cccc(C=Nc3ccc4c(c3)Cc3ccccc3-4)c21. The Morgan fingerprint density at radius 2 is 1.60 bits per heavy atom. The van der Waals surface area contributed by atoms with Gasteiger partial charge in [0.05, 0.1) is 17.1 Å². The standard InChI is InChI=1S/C27H20N2S/c1-29-24-10-4-5-11-25(24)30-26-12-6-8-19(27(26)29)17-28-21-13-14-23-20(16-21)15-18-7-2-3-9-22(18)23/h2-14,16-17H,15H2,1H3. The molecule has 1 aliphatic carbocycles. The van der Waals surface area contributed by atoms with Gasteiger partial charge in [-0.05, 0) is 59.0 Å². The summed E-state index contributed by atoms with van der Waals surface area (Å²) in [6.07, 6.45) is 3.00. The summed E-state index contributed by atoms with van der Waals surface area (Å²) in [7, 11) is 2.14. The van der Waals surface area contributed by atoms with E-state index in [0.29, 0.717) is 0 Å². The predicted octanol–water partition coefficient (Wildman–Crippen LogP) is 7.24. The van der Waals surface area contributed by atoms with E-state index in [0.717, 1.165) is 17.7 Å².